The van der Waals surface area contributed by atoms with Gasteiger partial charge in [0, 0.05) is 3.57 Å². The molecule has 7 heteroatoms. The Hall–Kier alpha value is -1.64. The Morgan fingerprint density at radius 1 is 1.05 bits per heavy atom. The van der Waals surface area contributed by atoms with Gasteiger partial charge in [0.25, 0.3) is 5.91 Å². The SMILES string of the molecule is O=C(NNC(=O)[C@@H]1CCCC[C@H]1C(=O)O)c1ccccc1I. The molecule has 22 heavy (non-hydrogen) atoms. The molecule has 1 aromatic rings. The topological polar surface area (TPSA) is 95.5 Å². The third-order valence-electron chi connectivity index (χ3n) is 3.84. The van der Waals surface area contributed by atoms with E-state index in [4.69, 9.17) is 0 Å². The summed E-state index contributed by atoms with van der Waals surface area (Å²) in [6.45, 7) is 0. The van der Waals surface area contributed by atoms with Crippen LogP contribution in [-0.2, 0) is 9.59 Å². The summed E-state index contributed by atoms with van der Waals surface area (Å²) in [6, 6.07) is 7.00. The van der Waals surface area contributed by atoms with Gasteiger partial charge in [-0.3, -0.25) is 25.2 Å². The molecule has 2 amide bonds. The van der Waals surface area contributed by atoms with Gasteiger partial charge in [0.1, 0.15) is 0 Å². The van der Waals surface area contributed by atoms with Gasteiger partial charge < -0.3 is 5.11 Å². The van der Waals surface area contributed by atoms with Crippen LogP contribution >= 0.6 is 22.6 Å². The Labute approximate surface area is 141 Å². The minimum absolute atomic E-state index is 0.416. The quantitative estimate of drug-likeness (QED) is 0.519. The summed E-state index contributed by atoms with van der Waals surface area (Å²) in [7, 11) is 0. The zero-order chi connectivity index (χ0) is 16.1. The maximum absolute atomic E-state index is 12.1. The van der Waals surface area contributed by atoms with Crippen LogP contribution in [0.5, 0.6) is 0 Å². The number of carbonyl (C=O) groups excluding carboxylic acids is 2. The van der Waals surface area contributed by atoms with E-state index in [-0.39, 0.29) is 0 Å². The summed E-state index contributed by atoms with van der Waals surface area (Å²) in [4.78, 5) is 35.4. The molecule has 118 valence electrons. The average molecular weight is 416 g/mol. The van der Waals surface area contributed by atoms with Gasteiger partial charge in [0.2, 0.25) is 5.91 Å². The zero-order valence-corrected chi connectivity index (χ0v) is 14.0. The van der Waals surface area contributed by atoms with Gasteiger partial charge in [-0.05, 0) is 47.6 Å². The summed E-state index contributed by atoms with van der Waals surface area (Å²) in [5, 5.41) is 9.18. The average Bonchev–Trinajstić information content (AvgIpc) is 2.52. The van der Waals surface area contributed by atoms with Crippen molar-refractivity contribution in [2.75, 3.05) is 0 Å². The number of rotatable bonds is 3. The number of carboxylic acids is 1. The fourth-order valence-corrected chi connectivity index (χ4v) is 3.30. The normalized spacial score (nSPS) is 21.0. The molecule has 6 nitrogen and oxygen atoms in total. The number of amides is 2. The van der Waals surface area contributed by atoms with Crippen LogP contribution in [0, 0.1) is 15.4 Å². The van der Waals surface area contributed by atoms with E-state index in [0.717, 1.165) is 16.4 Å². The molecular formula is C15H17IN2O4. The van der Waals surface area contributed by atoms with E-state index in [2.05, 4.69) is 10.9 Å². The van der Waals surface area contributed by atoms with Crippen molar-refractivity contribution in [3.05, 3.63) is 33.4 Å². The van der Waals surface area contributed by atoms with Crippen LogP contribution in [0.25, 0.3) is 0 Å². The fourth-order valence-electron chi connectivity index (χ4n) is 2.66. The van der Waals surface area contributed by atoms with E-state index in [1.165, 1.54) is 0 Å². The lowest BCUT2D eigenvalue weighted by Crippen LogP contribution is -2.48. The maximum Gasteiger partial charge on any atom is 0.307 e. The summed E-state index contributed by atoms with van der Waals surface area (Å²) >= 11 is 2.04. The van der Waals surface area contributed by atoms with Crippen LogP contribution in [-0.4, -0.2) is 22.9 Å². The fraction of sp³-hybridized carbons (Fsp3) is 0.400. The summed E-state index contributed by atoms with van der Waals surface area (Å²) in [5.74, 6) is -3.08. The molecule has 0 saturated heterocycles. The van der Waals surface area contributed by atoms with Crippen molar-refractivity contribution >= 4 is 40.4 Å². The first-order valence-electron chi connectivity index (χ1n) is 7.08. The molecule has 0 heterocycles. The van der Waals surface area contributed by atoms with Crippen molar-refractivity contribution in [1.29, 1.82) is 0 Å². The highest BCUT2D eigenvalue weighted by Crippen LogP contribution is 2.30. The first-order valence-corrected chi connectivity index (χ1v) is 8.16. The first kappa shape index (κ1) is 16.7. The first-order chi connectivity index (χ1) is 10.5. The molecule has 1 aliphatic rings. The van der Waals surface area contributed by atoms with Gasteiger partial charge in [-0.2, -0.15) is 0 Å². The van der Waals surface area contributed by atoms with Crippen molar-refractivity contribution in [2.45, 2.75) is 25.7 Å². The smallest absolute Gasteiger partial charge is 0.307 e. The standard InChI is InChI=1S/C15H17IN2O4/c16-12-8-4-3-7-11(12)14(20)18-17-13(19)9-5-1-2-6-10(9)15(21)22/h3-4,7-10H,1-2,5-6H2,(H,17,19)(H,18,20)(H,21,22)/t9-,10-/m1/s1. The van der Waals surface area contributed by atoms with Crippen LogP contribution in [0.15, 0.2) is 24.3 Å². The van der Waals surface area contributed by atoms with E-state index < -0.39 is 29.6 Å². The second-order valence-corrected chi connectivity index (χ2v) is 6.42. The molecule has 1 fully saturated rings. The van der Waals surface area contributed by atoms with E-state index in [0.29, 0.717) is 18.4 Å². The second kappa shape index (κ2) is 7.57. The molecule has 1 aliphatic carbocycles. The maximum atomic E-state index is 12.1. The highest BCUT2D eigenvalue weighted by Gasteiger charge is 2.35. The summed E-state index contributed by atoms with van der Waals surface area (Å²) in [6.07, 6.45) is 2.67. The monoisotopic (exact) mass is 416 g/mol. The molecule has 0 unspecified atom stereocenters. The molecule has 1 aromatic carbocycles. The van der Waals surface area contributed by atoms with Crippen molar-refractivity contribution in [1.82, 2.24) is 10.9 Å². The van der Waals surface area contributed by atoms with Gasteiger partial charge in [-0.25, -0.2) is 0 Å². The lowest BCUT2D eigenvalue weighted by molar-refractivity contribution is -0.149. The Morgan fingerprint density at radius 3 is 2.32 bits per heavy atom. The number of nitrogens with one attached hydrogen (secondary N) is 2. The van der Waals surface area contributed by atoms with Gasteiger partial charge >= 0.3 is 5.97 Å². The van der Waals surface area contributed by atoms with Crippen LogP contribution in [0.2, 0.25) is 0 Å². The number of hydrogen-bond acceptors (Lipinski definition) is 3. The number of carboxylic acid groups (broad SMARTS) is 1. The third kappa shape index (κ3) is 3.96. The van der Waals surface area contributed by atoms with Gasteiger partial charge in [-0.15, -0.1) is 0 Å². The molecule has 0 radical (unpaired) electrons. The van der Waals surface area contributed by atoms with Crippen LogP contribution in [0.4, 0.5) is 0 Å². The predicted octanol–water partition coefficient (Wildman–Crippen LogP) is 1.94. The largest absolute Gasteiger partial charge is 0.481 e. The van der Waals surface area contributed by atoms with E-state index in [9.17, 15) is 19.5 Å². The van der Waals surface area contributed by atoms with Gasteiger partial charge in [-0.1, -0.05) is 25.0 Å². The van der Waals surface area contributed by atoms with E-state index in [1.807, 2.05) is 28.7 Å². The van der Waals surface area contributed by atoms with E-state index in [1.54, 1.807) is 18.2 Å². The molecule has 0 aromatic heterocycles. The molecule has 0 aliphatic heterocycles. The molecule has 1 saturated carbocycles. The van der Waals surface area contributed by atoms with Crippen molar-refractivity contribution in [3.63, 3.8) is 0 Å². The molecule has 0 bridgehead atoms. The minimum Gasteiger partial charge on any atom is -0.481 e. The summed E-state index contributed by atoms with van der Waals surface area (Å²) in [5.41, 5.74) is 5.18. The van der Waals surface area contributed by atoms with Crippen LogP contribution in [0.1, 0.15) is 36.0 Å². The number of halogens is 1. The Kier molecular flexibility index (Phi) is 5.76. The number of carbonyl (C=O) groups is 3. The Bertz CT molecular complexity index is 591. The Balaban J connectivity index is 1.96. The van der Waals surface area contributed by atoms with Crippen molar-refractivity contribution in [3.8, 4) is 0 Å². The third-order valence-corrected chi connectivity index (χ3v) is 4.78. The number of hydrazine groups is 1. The molecular weight excluding hydrogens is 399 g/mol. The number of benzene rings is 1. The molecule has 0 spiro atoms. The zero-order valence-electron chi connectivity index (χ0n) is 11.8. The summed E-state index contributed by atoms with van der Waals surface area (Å²) < 4.78 is 0.771. The van der Waals surface area contributed by atoms with Gasteiger partial charge in [0.15, 0.2) is 0 Å². The lowest BCUT2D eigenvalue weighted by Gasteiger charge is -2.27. The van der Waals surface area contributed by atoms with Gasteiger partial charge in [0.05, 0.1) is 17.4 Å². The number of aliphatic carboxylic acids is 1. The van der Waals surface area contributed by atoms with Crippen LogP contribution < -0.4 is 10.9 Å². The number of hydrogen-bond donors (Lipinski definition) is 3. The Morgan fingerprint density at radius 2 is 1.68 bits per heavy atom. The molecule has 2 rings (SSSR count). The van der Waals surface area contributed by atoms with Crippen molar-refractivity contribution in [2.24, 2.45) is 11.8 Å². The predicted molar refractivity (Wildman–Crippen MR) is 87.9 cm³/mol. The molecule has 2 atom stereocenters. The highest BCUT2D eigenvalue weighted by molar-refractivity contribution is 14.1. The highest BCUT2D eigenvalue weighted by atomic mass is 127. The minimum atomic E-state index is -0.955. The van der Waals surface area contributed by atoms with Crippen molar-refractivity contribution < 1.29 is 19.5 Å². The van der Waals surface area contributed by atoms with Crippen LogP contribution in [0.3, 0.4) is 0 Å². The lowest BCUT2D eigenvalue weighted by atomic mass is 9.79. The second-order valence-electron chi connectivity index (χ2n) is 5.26. The molecule has 3 N–H and O–H groups in total. The van der Waals surface area contributed by atoms with E-state index >= 15 is 0 Å².